The van der Waals surface area contributed by atoms with Gasteiger partial charge in [-0.3, -0.25) is 0 Å². The Balaban J connectivity index is 2.25. The van der Waals surface area contributed by atoms with Gasteiger partial charge in [0, 0.05) is 5.56 Å². The lowest BCUT2D eigenvalue weighted by atomic mass is 10.1. The van der Waals surface area contributed by atoms with Crippen LogP contribution in [-0.4, -0.2) is 11.6 Å². The van der Waals surface area contributed by atoms with E-state index in [4.69, 9.17) is 4.74 Å². The first-order chi connectivity index (χ1) is 8.00. The fourth-order valence-corrected chi connectivity index (χ4v) is 2.20. The first kappa shape index (κ1) is 11.9. The summed E-state index contributed by atoms with van der Waals surface area (Å²) in [5, 5.41) is 10.7. The van der Waals surface area contributed by atoms with Crippen molar-refractivity contribution in [2.75, 3.05) is 0 Å². The van der Waals surface area contributed by atoms with Gasteiger partial charge in [0.2, 0.25) is 0 Å². The molecule has 1 saturated carbocycles. The summed E-state index contributed by atoms with van der Waals surface area (Å²) in [4.78, 5) is 10.7. The maximum atomic E-state index is 13.5. The number of rotatable bonds is 3. The van der Waals surface area contributed by atoms with Gasteiger partial charge in [-0.15, -0.1) is 0 Å². The number of ether oxygens (including phenoxy) is 1. The second-order valence-corrected chi connectivity index (χ2v) is 4.69. The van der Waals surface area contributed by atoms with Crippen molar-refractivity contribution in [2.45, 2.75) is 38.2 Å². The Kier molecular flexibility index (Phi) is 3.05. The third-order valence-electron chi connectivity index (χ3n) is 3.18. The second-order valence-electron chi connectivity index (χ2n) is 4.69. The fourth-order valence-electron chi connectivity index (χ4n) is 2.20. The lowest BCUT2D eigenvalue weighted by Crippen LogP contribution is -2.29. The van der Waals surface area contributed by atoms with Crippen LogP contribution >= 0.6 is 0 Å². The molecule has 4 heteroatoms. The normalized spacial score (nSPS) is 18.0. The molecule has 1 fully saturated rings. The van der Waals surface area contributed by atoms with Crippen LogP contribution in [0, 0.1) is 5.82 Å². The summed E-state index contributed by atoms with van der Waals surface area (Å²) < 4.78 is 19.1. The molecule has 0 atom stereocenters. The molecule has 1 aliphatic carbocycles. The largest absolute Gasteiger partial charge is 0.545 e. The van der Waals surface area contributed by atoms with Crippen LogP contribution in [0.4, 0.5) is 4.39 Å². The van der Waals surface area contributed by atoms with Crippen LogP contribution in [0.1, 0.15) is 43.0 Å². The first-order valence-corrected chi connectivity index (χ1v) is 5.70. The van der Waals surface area contributed by atoms with Crippen LogP contribution in [0.5, 0.6) is 5.75 Å². The fraction of sp³-hybridized carbons (Fsp3) is 0.462. The molecule has 0 aliphatic heterocycles. The van der Waals surface area contributed by atoms with Crippen molar-refractivity contribution in [1.82, 2.24) is 0 Å². The molecule has 3 nitrogen and oxygen atoms in total. The van der Waals surface area contributed by atoms with Crippen LogP contribution in [0.25, 0.3) is 0 Å². The zero-order chi connectivity index (χ0) is 12.5. The molecule has 0 aromatic heterocycles. The molecular weight excluding hydrogens is 223 g/mol. The van der Waals surface area contributed by atoms with Gasteiger partial charge in [-0.1, -0.05) is 0 Å². The van der Waals surface area contributed by atoms with Crippen LogP contribution < -0.4 is 9.84 Å². The molecule has 0 saturated heterocycles. The summed E-state index contributed by atoms with van der Waals surface area (Å²) in [5.74, 6) is -1.87. The number of halogens is 1. The maximum Gasteiger partial charge on any atom is 0.165 e. The number of aromatic carboxylic acids is 1. The lowest BCUT2D eigenvalue weighted by Gasteiger charge is -2.26. The number of carbonyl (C=O) groups is 1. The minimum Gasteiger partial charge on any atom is -0.545 e. The summed E-state index contributed by atoms with van der Waals surface area (Å²) in [7, 11) is 0. The zero-order valence-electron chi connectivity index (χ0n) is 9.66. The Bertz CT molecular complexity index is 436. The molecule has 0 amide bonds. The van der Waals surface area contributed by atoms with Crippen LogP contribution in [0.15, 0.2) is 18.2 Å². The van der Waals surface area contributed by atoms with Crippen molar-refractivity contribution in [3.8, 4) is 5.75 Å². The monoisotopic (exact) mass is 237 g/mol. The van der Waals surface area contributed by atoms with Crippen molar-refractivity contribution in [1.29, 1.82) is 0 Å². The van der Waals surface area contributed by atoms with Gasteiger partial charge >= 0.3 is 0 Å². The summed E-state index contributed by atoms with van der Waals surface area (Å²) in [6, 6.07) is 3.46. The number of carboxylic acids is 1. The number of hydrogen-bond acceptors (Lipinski definition) is 3. The first-order valence-electron chi connectivity index (χ1n) is 5.70. The van der Waals surface area contributed by atoms with Crippen molar-refractivity contribution in [3.05, 3.63) is 29.6 Å². The van der Waals surface area contributed by atoms with E-state index in [0.29, 0.717) is 0 Å². The minimum atomic E-state index is -1.33. The van der Waals surface area contributed by atoms with Crippen molar-refractivity contribution >= 4 is 5.97 Å². The van der Waals surface area contributed by atoms with Crippen LogP contribution in [-0.2, 0) is 0 Å². The zero-order valence-corrected chi connectivity index (χ0v) is 9.66. The molecule has 92 valence electrons. The topological polar surface area (TPSA) is 49.4 Å². The molecular formula is C13H14FO3-. The standard InChI is InChI=1S/C13H15FO3/c1-13(6-2-3-7-13)17-11-8-9(12(15)16)4-5-10(11)14/h4-5,8H,2-3,6-7H2,1H3,(H,15,16)/p-1. The van der Waals surface area contributed by atoms with Crippen molar-refractivity contribution in [3.63, 3.8) is 0 Å². The quantitative estimate of drug-likeness (QED) is 0.806. The Morgan fingerprint density at radius 1 is 1.41 bits per heavy atom. The average Bonchev–Trinajstić information content (AvgIpc) is 2.68. The van der Waals surface area contributed by atoms with E-state index in [1.807, 2.05) is 6.92 Å². The predicted octanol–water partition coefficient (Wildman–Crippen LogP) is 1.90. The average molecular weight is 237 g/mol. The molecule has 2 rings (SSSR count). The van der Waals surface area contributed by atoms with E-state index in [9.17, 15) is 14.3 Å². The molecule has 0 heterocycles. The second kappa shape index (κ2) is 4.35. The van der Waals surface area contributed by atoms with Gasteiger partial charge in [-0.25, -0.2) is 4.39 Å². The van der Waals surface area contributed by atoms with Gasteiger partial charge in [-0.2, -0.15) is 0 Å². The summed E-state index contributed by atoms with van der Waals surface area (Å²) in [5.41, 5.74) is -0.450. The molecule has 1 aliphatic rings. The molecule has 1 aromatic rings. The number of hydrogen-bond donors (Lipinski definition) is 0. The van der Waals surface area contributed by atoms with Crippen molar-refractivity contribution < 1.29 is 19.0 Å². The van der Waals surface area contributed by atoms with E-state index >= 15 is 0 Å². The highest BCUT2D eigenvalue weighted by Crippen LogP contribution is 2.35. The third-order valence-corrected chi connectivity index (χ3v) is 3.18. The van der Waals surface area contributed by atoms with Gasteiger partial charge < -0.3 is 14.6 Å². The smallest absolute Gasteiger partial charge is 0.165 e. The Morgan fingerprint density at radius 3 is 2.65 bits per heavy atom. The van der Waals surface area contributed by atoms with Gasteiger partial charge in [0.15, 0.2) is 11.6 Å². The van der Waals surface area contributed by atoms with Crippen LogP contribution in [0.3, 0.4) is 0 Å². The number of carboxylic acid groups (broad SMARTS) is 1. The van der Waals surface area contributed by atoms with Gasteiger partial charge in [0.1, 0.15) is 5.60 Å². The van der Waals surface area contributed by atoms with Gasteiger partial charge in [-0.05, 0) is 50.8 Å². The minimum absolute atomic E-state index is 0.00361. The van der Waals surface area contributed by atoms with Crippen LogP contribution in [0.2, 0.25) is 0 Å². The summed E-state index contributed by atoms with van der Waals surface area (Å²) in [6.07, 6.45) is 3.83. The SMILES string of the molecule is CC1(Oc2cc(C(=O)[O-])ccc2F)CCCC1. The molecule has 0 bridgehead atoms. The van der Waals surface area contributed by atoms with E-state index in [-0.39, 0.29) is 16.9 Å². The highest BCUT2D eigenvalue weighted by Gasteiger charge is 2.31. The highest BCUT2D eigenvalue weighted by molar-refractivity contribution is 5.86. The Hall–Kier alpha value is -1.58. The summed E-state index contributed by atoms with van der Waals surface area (Å²) >= 11 is 0. The lowest BCUT2D eigenvalue weighted by molar-refractivity contribution is -0.255. The van der Waals surface area contributed by atoms with Gasteiger partial charge in [0.05, 0.1) is 5.97 Å². The molecule has 0 radical (unpaired) electrons. The number of carbonyl (C=O) groups excluding carboxylic acids is 1. The molecule has 0 unspecified atom stereocenters. The van der Waals surface area contributed by atoms with E-state index in [2.05, 4.69) is 0 Å². The van der Waals surface area contributed by atoms with E-state index < -0.39 is 11.8 Å². The molecule has 0 spiro atoms. The third kappa shape index (κ3) is 2.57. The molecule has 1 aromatic carbocycles. The van der Waals surface area contributed by atoms with E-state index in [0.717, 1.165) is 31.7 Å². The maximum absolute atomic E-state index is 13.5. The van der Waals surface area contributed by atoms with E-state index in [1.54, 1.807) is 0 Å². The molecule has 0 N–H and O–H groups in total. The Morgan fingerprint density at radius 2 is 2.06 bits per heavy atom. The predicted molar refractivity (Wildman–Crippen MR) is 58.2 cm³/mol. The number of benzene rings is 1. The summed E-state index contributed by atoms with van der Waals surface area (Å²) in [6.45, 7) is 1.92. The van der Waals surface area contributed by atoms with Gasteiger partial charge in [0.25, 0.3) is 0 Å². The molecule has 17 heavy (non-hydrogen) atoms. The van der Waals surface area contributed by atoms with E-state index in [1.165, 1.54) is 12.1 Å². The Labute approximate surface area is 99.2 Å². The highest BCUT2D eigenvalue weighted by atomic mass is 19.1. The van der Waals surface area contributed by atoms with Crippen molar-refractivity contribution in [2.24, 2.45) is 0 Å².